The van der Waals surface area contributed by atoms with Gasteiger partial charge in [0.2, 0.25) is 5.91 Å². The van der Waals surface area contributed by atoms with Crippen LogP contribution in [0.3, 0.4) is 0 Å². The monoisotopic (exact) mass is 491 g/mol. The summed E-state index contributed by atoms with van der Waals surface area (Å²) in [6.45, 7) is 2.12. The average Bonchev–Trinajstić information content (AvgIpc) is 3.29. The van der Waals surface area contributed by atoms with E-state index in [0.717, 1.165) is 23.4 Å². The number of ether oxygens (including phenoxy) is 4. The largest absolute Gasteiger partial charge is 0.491 e. The van der Waals surface area contributed by atoms with Crippen molar-refractivity contribution in [3.63, 3.8) is 0 Å². The van der Waals surface area contributed by atoms with Crippen LogP contribution in [0.5, 0.6) is 23.1 Å². The molecule has 1 unspecified atom stereocenters. The molecule has 1 aromatic heterocycles. The highest BCUT2D eigenvalue weighted by Crippen LogP contribution is 2.41. The fourth-order valence-corrected chi connectivity index (χ4v) is 4.63. The molecule has 0 spiro atoms. The number of hydrogen-bond donors (Lipinski definition) is 0. The number of methoxy groups -OCH3 is 2. The maximum absolute atomic E-state index is 12.3. The summed E-state index contributed by atoms with van der Waals surface area (Å²) in [6.07, 6.45) is 3.37. The van der Waals surface area contributed by atoms with Crippen LogP contribution in [0.15, 0.2) is 30.5 Å². The number of aromatic nitrogens is 1. The first-order chi connectivity index (χ1) is 16.3. The van der Waals surface area contributed by atoms with Crippen LogP contribution in [0.1, 0.15) is 12.8 Å². The second-order valence-electron chi connectivity index (χ2n) is 8.28. The van der Waals surface area contributed by atoms with Crippen molar-refractivity contribution in [2.24, 2.45) is 0 Å². The van der Waals surface area contributed by atoms with E-state index in [1.165, 1.54) is 0 Å². The van der Waals surface area contributed by atoms with Crippen molar-refractivity contribution in [2.45, 2.75) is 18.9 Å². The topological polar surface area (TPSA) is 108 Å². The lowest BCUT2D eigenvalue weighted by Gasteiger charge is -2.31. The van der Waals surface area contributed by atoms with Gasteiger partial charge in [-0.15, -0.1) is 0 Å². The van der Waals surface area contributed by atoms with Crippen LogP contribution in [-0.2, 0) is 14.6 Å². The van der Waals surface area contributed by atoms with E-state index >= 15 is 0 Å². The summed E-state index contributed by atoms with van der Waals surface area (Å²) in [6, 6.07) is 7.50. The first-order valence-electron chi connectivity index (χ1n) is 11.0. The molecule has 0 N–H and O–H groups in total. The van der Waals surface area contributed by atoms with Gasteiger partial charge < -0.3 is 28.7 Å². The molecule has 1 fully saturated rings. The Labute approximate surface area is 199 Å². The van der Waals surface area contributed by atoms with Crippen molar-refractivity contribution >= 4 is 27.1 Å². The zero-order valence-corrected chi connectivity index (χ0v) is 20.3. The minimum Gasteiger partial charge on any atom is -0.491 e. The third-order valence-electron chi connectivity index (χ3n) is 5.81. The Morgan fingerprint density at radius 2 is 2.03 bits per heavy atom. The Morgan fingerprint density at radius 1 is 1.21 bits per heavy atom. The molecule has 3 heterocycles. The number of hydrogen-bond acceptors (Lipinski definition) is 9. The quantitative estimate of drug-likeness (QED) is 0.548. The average molecular weight is 492 g/mol. The second kappa shape index (κ2) is 9.96. The number of carbonyl (C=O) groups excluding carboxylic acids is 1. The fourth-order valence-electron chi connectivity index (χ4n) is 4.08. The van der Waals surface area contributed by atoms with E-state index < -0.39 is 9.84 Å². The number of carbonyl (C=O) groups is 1. The van der Waals surface area contributed by atoms with Crippen molar-refractivity contribution < 1.29 is 32.2 Å². The number of sulfone groups is 1. The van der Waals surface area contributed by atoms with Gasteiger partial charge >= 0.3 is 0 Å². The first kappa shape index (κ1) is 23.9. The summed E-state index contributed by atoms with van der Waals surface area (Å²) in [5.74, 6) is 2.04. The van der Waals surface area contributed by atoms with Crippen molar-refractivity contribution in [1.29, 1.82) is 0 Å². The van der Waals surface area contributed by atoms with Crippen LogP contribution in [0.25, 0.3) is 0 Å². The molecule has 0 radical (unpaired) electrons. The molecule has 0 saturated carbocycles. The Bertz CT molecular complexity index is 1160. The molecular weight excluding hydrogens is 462 g/mol. The van der Waals surface area contributed by atoms with E-state index in [4.69, 9.17) is 18.9 Å². The zero-order valence-electron chi connectivity index (χ0n) is 19.5. The third-order valence-corrected chi connectivity index (χ3v) is 6.76. The number of likely N-dealkylation sites (tertiary alicyclic amines) is 1. The minimum absolute atomic E-state index is 0.00391. The van der Waals surface area contributed by atoms with E-state index in [2.05, 4.69) is 9.88 Å². The third kappa shape index (κ3) is 5.46. The van der Waals surface area contributed by atoms with E-state index in [9.17, 15) is 13.2 Å². The lowest BCUT2D eigenvalue weighted by atomic mass is 10.2. The molecule has 4 rings (SSSR count). The summed E-state index contributed by atoms with van der Waals surface area (Å²) >= 11 is 0. The molecule has 1 saturated heterocycles. The number of nitrogens with zero attached hydrogens (tertiary/aromatic N) is 3. The number of benzene rings is 1. The van der Waals surface area contributed by atoms with Gasteiger partial charge in [-0.3, -0.25) is 4.79 Å². The molecule has 2 aliphatic rings. The predicted molar refractivity (Wildman–Crippen MR) is 126 cm³/mol. The van der Waals surface area contributed by atoms with Crippen molar-refractivity contribution in [1.82, 2.24) is 9.88 Å². The van der Waals surface area contributed by atoms with Crippen LogP contribution < -0.4 is 23.8 Å². The first-order valence-corrected chi connectivity index (χ1v) is 13.1. The lowest BCUT2D eigenvalue weighted by Crippen LogP contribution is -2.32. The molecule has 1 amide bonds. The van der Waals surface area contributed by atoms with Gasteiger partial charge in [0, 0.05) is 37.8 Å². The van der Waals surface area contributed by atoms with Gasteiger partial charge in [0.25, 0.3) is 5.88 Å². The number of amides is 1. The Hall–Kier alpha value is -3.21. The molecular formula is C23H29N3O7S. The predicted octanol–water partition coefficient (Wildman–Crippen LogP) is 2.04. The molecule has 11 heteroatoms. The minimum atomic E-state index is -3.17. The number of rotatable bonds is 8. The summed E-state index contributed by atoms with van der Waals surface area (Å²) < 4.78 is 45.3. The van der Waals surface area contributed by atoms with Crippen LogP contribution >= 0.6 is 0 Å². The molecule has 0 aliphatic carbocycles. The lowest BCUT2D eigenvalue weighted by molar-refractivity contribution is -0.130. The van der Waals surface area contributed by atoms with Crippen molar-refractivity contribution in [3.05, 3.63) is 30.5 Å². The number of anilines is 2. The maximum Gasteiger partial charge on any atom is 0.256 e. The summed E-state index contributed by atoms with van der Waals surface area (Å²) in [5.41, 5.74) is 1.68. The van der Waals surface area contributed by atoms with Gasteiger partial charge in [-0.2, -0.15) is 0 Å². The second-order valence-corrected chi connectivity index (χ2v) is 10.5. The highest BCUT2D eigenvalue weighted by Gasteiger charge is 2.29. The summed E-state index contributed by atoms with van der Waals surface area (Å²) in [4.78, 5) is 20.4. The van der Waals surface area contributed by atoms with Crippen LogP contribution in [0.4, 0.5) is 11.4 Å². The van der Waals surface area contributed by atoms with Crippen molar-refractivity contribution in [2.75, 3.05) is 57.4 Å². The van der Waals surface area contributed by atoms with E-state index in [0.29, 0.717) is 50.0 Å². The van der Waals surface area contributed by atoms with Gasteiger partial charge in [-0.1, -0.05) is 0 Å². The zero-order chi connectivity index (χ0) is 24.3. The van der Waals surface area contributed by atoms with Crippen molar-refractivity contribution in [3.8, 4) is 23.1 Å². The summed E-state index contributed by atoms with van der Waals surface area (Å²) in [7, 11) is -0.0588. The molecule has 1 atom stereocenters. The summed E-state index contributed by atoms with van der Waals surface area (Å²) in [5, 5.41) is 0. The Balaban J connectivity index is 1.47. The highest BCUT2D eigenvalue weighted by molar-refractivity contribution is 7.90. The maximum atomic E-state index is 12.3. The van der Waals surface area contributed by atoms with Gasteiger partial charge in [0.15, 0.2) is 5.75 Å². The molecule has 2 aromatic rings. The van der Waals surface area contributed by atoms with Gasteiger partial charge in [-0.05, 0) is 12.1 Å². The smallest absolute Gasteiger partial charge is 0.256 e. The van der Waals surface area contributed by atoms with Crippen LogP contribution in [0, 0.1) is 0 Å². The SMILES string of the molecule is COc1cc(N2CCOc3ccc(OC4CCN(C(=O)CCS(C)(=O)=O)C4)cc32)cnc1OC. The standard InChI is InChI=1S/C23H29N3O7S/c1-30-21-12-16(14-24-23(21)31-2)26-9-10-32-20-5-4-17(13-19(20)26)33-18-6-8-25(15-18)22(27)7-11-34(3,28)29/h4-5,12-14,18H,6-11,15H2,1-3H3. The van der Waals surface area contributed by atoms with Crippen LogP contribution in [0.2, 0.25) is 0 Å². The molecule has 2 aliphatic heterocycles. The molecule has 184 valence electrons. The fraction of sp³-hybridized carbons (Fsp3) is 0.478. The van der Waals surface area contributed by atoms with Gasteiger partial charge in [0.05, 0.1) is 50.6 Å². The molecule has 0 bridgehead atoms. The Kier molecular flexibility index (Phi) is 7.01. The molecule has 34 heavy (non-hydrogen) atoms. The number of pyridine rings is 1. The normalized spacial score (nSPS) is 17.7. The molecule has 1 aromatic carbocycles. The number of fused-ring (bicyclic) bond motifs is 1. The highest BCUT2D eigenvalue weighted by atomic mass is 32.2. The van der Waals surface area contributed by atoms with Gasteiger partial charge in [0.1, 0.15) is 34.0 Å². The molecule has 10 nitrogen and oxygen atoms in total. The Morgan fingerprint density at radius 3 is 2.76 bits per heavy atom. The van der Waals surface area contributed by atoms with Gasteiger partial charge in [-0.25, -0.2) is 13.4 Å². The van der Waals surface area contributed by atoms with E-state index in [1.807, 2.05) is 24.3 Å². The van der Waals surface area contributed by atoms with E-state index in [1.54, 1.807) is 25.3 Å². The van der Waals surface area contributed by atoms with E-state index in [-0.39, 0.29) is 24.2 Å². The van der Waals surface area contributed by atoms with Crippen LogP contribution in [-0.4, -0.2) is 82.8 Å².